The SMILES string of the molecule is C=CCNC(=O)NC(=O)CN1CCN(S(=O)(=O)c2ccc(Br)cc2Cl)CC1. The van der Waals surface area contributed by atoms with Crippen LogP contribution >= 0.6 is 27.5 Å². The number of hydrogen-bond acceptors (Lipinski definition) is 5. The van der Waals surface area contributed by atoms with E-state index in [9.17, 15) is 18.0 Å². The van der Waals surface area contributed by atoms with Gasteiger partial charge in [-0.1, -0.05) is 33.6 Å². The molecule has 0 atom stereocenters. The molecule has 1 aromatic rings. The zero-order chi connectivity index (χ0) is 20.0. The Kier molecular flexibility index (Phi) is 7.80. The van der Waals surface area contributed by atoms with Gasteiger partial charge in [-0.25, -0.2) is 13.2 Å². The number of piperazine rings is 1. The van der Waals surface area contributed by atoms with Gasteiger partial charge in [-0.05, 0) is 18.2 Å². The van der Waals surface area contributed by atoms with Crippen molar-refractivity contribution >= 4 is 49.5 Å². The van der Waals surface area contributed by atoms with Crippen LogP contribution in [0.1, 0.15) is 0 Å². The van der Waals surface area contributed by atoms with Crippen molar-refractivity contribution in [2.24, 2.45) is 0 Å². The lowest BCUT2D eigenvalue weighted by Crippen LogP contribution is -2.52. The van der Waals surface area contributed by atoms with Gasteiger partial charge in [-0.15, -0.1) is 6.58 Å². The average Bonchev–Trinajstić information content (AvgIpc) is 2.60. The van der Waals surface area contributed by atoms with Crippen LogP contribution in [-0.4, -0.2) is 68.8 Å². The predicted octanol–water partition coefficient (Wildman–Crippen LogP) is 1.42. The van der Waals surface area contributed by atoms with Crippen molar-refractivity contribution in [2.75, 3.05) is 39.3 Å². The van der Waals surface area contributed by atoms with Gasteiger partial charge >= 0.3 is 6.03 Å². The van der Waals surface area contributed by atoms with Crippen LogP contribution < -0.4 is 10.6 Å². The Labute approximate surface area is 171 Å². The van der Waals surface area contributed by atoms with Crippen LogP contribution in [0.2, 0.25) is 5.02 Å². The Bertz CT molecular complexity index is 826. The third-order valence-electron chi connectivity index (χ3n) is 3.87. The van der Waals surface area contributed by atoms with Crippen LogP contribution in [0.3, 0.4) is 0 Å². The van der Waals surface area contributed by atoms with Crippen molar-refractivity contribution < 1.29 is 18.0 Å². The number of imide groups is 1. The van der Waals surface area contributed by atoms with E-state index >= 15 is 0 Å². The highest BCUT2D eigenvalue weighted by Crippen LogP contribution is 2.28. The van der Waals surface area contributed by atoms with Gasteiger partial charge in [0.05, 0.1) is 11.6 Å². The Morgan fingerprint density at radius 2 is 1.93 bits per heavy atom. The summed E-state index contributed by atoms with van der Waals surface area (Å²) in [5, 5.41) is 4.80. The molecule has 1 saturated heterocycles. The highest BCUT2D eigenvalue weighted by molar-refractivity contribution is 9.10. The fourth-order valence-electron chi connectivity index (χ4n) is 2.53. The van der Waals surface area contributed by atoms with E-state index in [-0.39, 0.29) is 36.1 Å². The summed E-state index contributed by atoms with van der Waals surface area (Å²) in [6.45, 7) is 4.92. The van der Waals surface area contributed by atoms with Gasteiger partial charge in [0.15, 0.2) is 0 Å². The molecule has 8 nitrogen and oxygen atoms in total. The van der Waals surface area contributed by atoms with E-state index in [4.69, 9.17) is 11.6 Å². The second kappa shape index (κ2) is 9.65. The largest absolute Gasteiger partial charge is 0.334 e. The quantitative estimate of drug-likeness (QED) is 0.601. The topological polar surface area (TPSA) is 98.8 Å². The maximum atomic E-state index is 12.8. The van der Waals surface area contributed by atoms with Crippen molar-refractivity contribution in [3.8, 4) is 0 Å². The van der Waals surface area contributed by atoms with Crippen LogP contribution in [0, 0.1) is 0 Å². The number of rotatable bonds is 6. The van der Waals surface area contributed by atoms with Gasteiger partial charge in [0.25, 0.3) is 0 Å². The van der Waals surface area contributed by atoms with Gasteiger partial charge in [0, 0.05) is 37.2 Å². The molecule has 148 valence electrons. The molecule has 27 heavy (non-hydrogen) atoms. The summed E-state index contributed by atoms with van der Waals surface area (Å²) in [7, 11) is -3.71. The van der Waals surface area contributed by atoms with Crippen molar-refractivity contribution in [3.05, 3.63) is 40.3 Å². The first-order chi connectivity index (χ1) is 12.7. The van der Waals surface area contributed by atoms with Crippen molar-refractivity contribution in [1.82, 2.24) is 19.8 Å². The van der Waals surface area contributed by atoms with Gasteiger partial charge in [-0.3, -0.25) is 15.0 Å². The standard InChI is InChI=1S/C16H20BrClN4O4S/c1-2-5-19-16(24)20-15(23)11-21-6-8-22(9-7-21)27(25,26)14-4-3-12(17)10-13(14)18/h2-4,10H,1,5-9,11H2,(H2,19,20,23,24). The van der Waals surface area contributed by atoms with E-state index < -0.39 is 22.0 Å². The predicted molar refractivity (Wildman–Crippen MR) is 106 cm³/mol. The Morgan fingerprint density at radius 3 is 2.52 bits per heavy atom. The number of carbonyl (C=O) groups excluding carboxylic acids is 2. The molecule has 1 aliphatic rings. The second-order valence-electron chi connectivity index (χ2n) is 5.80. The first-order valence-corrected chi connectivity index (χ1v) is 10.7. The fraction of sp³-hybridized carbons (Fsp3) is 0.375. The molecule has 2 N–H and O–H groups in total. The van der Waals surface area contributed by atoms with Crippen LogP contribution in [0.4, 0.5) is 4.79 Å². The first kappa shape index (κ1) is 21.8. The average molecular weight is 480 g/mol. The normalized spacial score (nSPS) is 15.9. The maximum absolute atomic E-state index is 12.8. The van der Waals surface area contributed by atoms with Gasteiger partial charge in [0.2, 0.25) is 15.9 Å². The van der Waals surface area contributed by atoms with Gasteiger partial charge in [-0.2, -0.15) is 4.31 Å². The molecule has 0 saturated carbocycles. The second-order valence-corrected chi connectivity index (χ2v) is 9.03. The smallest absolute Gasteiger partial charge is 0.321 e. The molecule has 1 aliphatic heterocycles. The Balaban J connectivity index is 1.90. The summed E-state index contributed by atoms with van der Waals surface area (Å²) in [6, 6.07) is 4.03. The summed E-state index contributed by atoms with van der Waals surface area (Å²) < 4.78 is 27.6. The van der Waals surface area contributed by atoms with Crippen LogP contribution in [0.25, 0.3) is 0 Å². The third kappa shape index (κ3) is 6.01. The maximum Gasteiger partial charge on any atom is 0.321 e. The molecule has 1 aromatic carbocycles. The summed E-state index contributed by atoms with van der Waals surface area (Å²) >= 11 is 9.32. The molecule has 0 unspecified atom stereocenters. The van der Waals surface area contributed by atoms with E-state index in [0.717, 1.165) is 0 Å². The summed E-state index contributed by atoms with van der Waals surface area (Å²) in [6.07, 6.45) is 1.50. The molecule has 0 radical (unpaired) electrons. The Morgan fingerprint density at radius 1 is 1.26 bits per heavy atom. The van der Waals surface area contributed by atoms with Gasteiger partial charge < -0.3 is 5.32 Å². The molecule has 0 bridgehead atoms. The van der Waals surface area contributed by atoms with E-state index in [1.165, 1.54) is 22.5 Å². The number of urea groups is 1. The molecular formula is C16H20BrClN4O4S. The molecule has 3 amide bonds. The minimum atomic E-state index is -3.71. The fourth-order valence-corrected chi connectivity index (χ4v) is 4.96. The molecule has 2 rings (SSSR count). The monoisotopic (exact) mass is 478 g/mol. The zero-order valence-corrected chi connectivity index (χ0v) is 17.6. The number of sulfonamides is 1. The number of amides is 3. The lowest BCUT2D eigenvalue weighted by Gasteiger charge is -2.33. The van der Waals surface area contributed by atoms with E-state index in [0.29, 0.717) is 17.6 Å². The highest BCUT2D eigenvalue weighted by atomic mass is 79.9. The molecular weight excluding hydrogens is 460 g/mol. The van der Waals surface area contributed by atoms with Crippen LogP contribution in [0.15, 0.2) is 40.2 Å². The van der Waals surface area contributed by atoms with Gasteiger partial charge in [0.1, 0.15) is 4.90 Å². The molecule has 0 spiro atoms. The number of halogens is 2. The number of carbonyl (C=O) groups is 2. The number of nitrogens with one attached hydrogen (secondary N) is 2. The lowest BCUT2D eigenvalue weighted by atomic mass is 10.3. The zero-order valence-electron chi connectivity index (χ0n) is 14.5. The van der Waals surface area contributed by atoms with E-state index in [1.807, 2.05) is 0 Å². The van der Waals surface area contributed by atoms with Crippen LogP contribution in [0.5, 0.6) is 0 Å². The van der Waals surface area contributed by atoms with E-state index in [1.54, 1.807) is 11.0 Å². The highest BCUT2D eigenvalue weighted by Gasteiger charge is 2.30. The van der Waals surface area contributed by atoms with Crippen molar-refractivity contribution in [2.45, 2.75) is 4.90 Å². The molecule has 1 fully saturated rings. The molecule has 0 aromatic heterocycles. The molecule has 1 heterocycles. The third-order valence-corrected chi connectivity index (χ3v) is 6.74. The minimum absolute atomic E-state index is 0.00837. The number of benzene rings is 1. The van der Waals surface area contributed by atoms with E-state index in [2.05, 4.69) is 33.1 Å². The molecule has 0 aliphatic carbocycles. The lowest BCUT2D eigenvalue weighted by molar-refractivity contribution is -0.121. The van der Waals surface area contributed by atoms with Crippen molar-refractivity contribution in [1.29, 1.82) is 0 Å². The summed E-state index contributed by atoms with van der Waals surface area (Å²) in [5.41, 5.74) is 0. The van der Waals surface area contributed by atoms with Crippen LogP contribution in [-0.2, 0) is 14.8 Å². The number of nitrogens with zero attached hydrogens (tertiary/aromatic N) is 2. The Hall–Kier alpha value is -1.46. The molecule has 11 heteroatoms. The summed E-state index contributed by atoms with van der Waals surface area (Å²) in [4.78, 5) is 25.1. The minimum Gasteiger partial charge on any atom is -0.334 e. The van der Waals surface area contributed by atoms with Crippen molar-refractivity contribution in [3.63, 3.8) is 0 Å². The first-order valence-electron chi connectivity index (χ1n) is 8.10. The summed E-state index contributed by atoms with van der Waals surface area (Å²) in [5.74, 6) is -0.455. The number of hydrogen-bond donors (Lipinski definition) is 2.